The lowest BCUT2D eigenvalue weighted by Crippen LogP contribution is -2.23. The Morgan fingerprint density at radius 2 is 1.62 bits per heavy atom. The maximum Gasteiger partial charge on any atom is 0.258 e. The van der Waals surface area contributed by atoms with E-state index in [1.54, 1.807) is 0 Å². The van der Waals surface area contributed by atoms with Crippen LogP contribution in [0.1, 0.15) is 0 Å². The van der Waals surface area contributed by atoms with Crippen molar-refractivity contribution in [2.45, 2.75) is 0 Å². The van der Waals surface area contributed by atoms with Gasteiger partial charge in [0, 0.05) is 21.8 Å². The molecule has 0 aromatic rings. The van der Waals surface area contributed by atoms with Gasteiger partial charge in [0.25, 0.3) is 5.08 Å². The highest BCUT2D eigenvalue weighted by Crippen LogP contribution is 2.19. The van der Waals surface area contributed by atoms with E-state index < -0.39 is 0 Å². The summed E-state index contributed by atoms with van der Waals surface area (Å²) in [4.78, 5) is 0. The summed E-state index contributed by atoms with van der Waals surface area (Å²) in [5, 5.41) is 4.36. The van der Waals surface area contributed by atoms with Crippen LogP contribution in [0.25, 0.3) is 0 Å². The molecule has 1 rings (SSSR count). The van der Waals surface area contributed by atoms with E-state index >= 15 is 0 Å². The first-order valence-corrected chi connectivity index (χ1v) is 7.65. The third-order valence-corrected chi connectivity index (χ3v) is 8.74. The molecule has 3 heteroatoms. The zero-order valence-corrected chi connectivity index (χ0v) is 7.80. The first-order chi connectivity index (χ1) is 3.79. The molecule has 8 heavy (non-hydrogen) atoms. The summed E-state index contributed by atoms with van der Waals surface area (Å²) in [7, 11) is 1.51. The minimum atomic E-state index is 0.755. The second kappa shape index (κ2) is 3.28. The molecular formula is C5H12S3+2. The molecule has 0 N–H and O–H groups in total. The lowest BCUT2D eigenvalue weighted by Gasteiger charge is -2.07. The van der Waals surface area contributed by atoms with Crippen LogP contribution in [0.15, 0.2) is 0 Å². The van der Waals surface area contributed by atoms with Crippen molar-refractivity contribution in [1.82, 2.24) is 0 Å². The lowest BCUT2D eigenvalue weighted by atomic mass is 11.8. The molecule has 48 valence electrons. The molecule has 0 radical (unpaired) electrons. The van der Waals surface area contributed by atoms with Crippen molar-refractivity contribution in [3.63, 3.8) is 0 Å². The average molecular weight is 168 g/mol. The number of hydrogen-bond acceptors (Lipinski definition) is 1. The summed E-state index contributed by atoms with van der Waals surface area (Å²) >= 11 is 2.14. The van der Waals surface area contributed by atoms with Gasteiger partial charge < -0.3 is 0 Å². The monoisotopic (exact) mass is 168 g/mol. The molecule has 1 aliphatic heterocycles. The Labute approximate surface area is 61.5 Å². The predicted octanol–water partition coefficient (Wildman–Crippen LogP) is 1.10. The highest BCUT2D eigenvalue weighted by atomic mass is 32.3. The summed E-state index contributed by atoms with van der Waals surface area (Å²) in [6.45, 7) is 0. The minimum absolute atomic E-state index is 0.755. The predicted molar refractivity (Wildman–Crippen MR) is 48.8 cm³/mol. The molecule has 0 aliphatic carbocycles. The van der Waals surface area contributed by atoms with Crippen LogP contribution in [-0.4, -0.2) is 27.8 Å². The van der Waals surface area contributed by atoms with Crippen molar-refractivity contribution in [2.75, 3.05) is 27.8 Å². The molecule has 0 amide bonds. The van der Waals surface area contributed by atoms with Crippen LogP contribution in [0.3, 0.4) is 0 Å². The second-order valence-corrected chi connectivity index (χ2v) is 8.48. The van der Waals surface area contributed by atoms with E-state index in [-0.39, 0.29) is 0 Å². The highest BCUT2D eigenvalue weighted by Gasteiger charge is 2.29. The standard InChI is InChI=1S/C5H12S3/c1-7-3-6-4-8(2)5-7/h3-5H2,1-2H3/q+2. The summed E-state index contributed by atoms with van der Waals surface area (Å²) in [6.07, 6.45) is 4.77. The van der Waals surface area contributed by atoms with Gasteiger partial charge >= 0.3 is 0 Å². The first-order valence-electron chi connectivity index (χ1n) is 2.55. The van der Waals surface area contributed by atoms with Gasteiger partial charge in [0.1, 0.15) is 12.5 Å². The SMILES string of the molecule is C[S+]1CSC[S+](C)C1. The lowest BCUT2D eigenvalue weighted by molar-refractivity contribution is 1.90. The van der Waals surface area contributed by atoms with Gasteiger partial charge in [-0.3, -0.25) is 0 Å². The van der Waals surface area contributed by atoms with E-state index in [1.165, 1.54) is 15.3 Å². The molecule has 0 bridgehead atoms. The third kappa shape index (κ3) is 2.11. The maximum atomic E-state index is 2.38. The molecule has 1 heterocycles. The molecule has 1 aliphatic rings. The Hall–Kier alpha value is 1.05. The topological polar surface area (TPSA) is 0 Å². The van der Waals surface area contributed by atoms with E-state index in [2.05, 4.69) is 24.3 Å². The van der Waals surface area contributed by atoms with Crippen molar-refractivity contribution in [1.29, 1.82) is 0 Å². The Morgan fingerprint density at radius 1 is 1.12 bits per heavy atom. The van der Waals surface area contributed by atoms with Crippen molar-refractivity contribution in [3.8, 4) is 0 Å². The van der Waals surface area contributed by atoms with Crippen molar-refractivity contribution < 1.29 is 0 Å². The Balaban J connectivity index is 2.23. The van der Waals surface area contributed by atoms with Gasteiger partial charge in [-0.15, -0.1) is 0 Å². The Morgan fingerprint density at radius 3 is 1.88 bits per heavy atom. The zero-order chi connectivity index (χ0) is 5.98. The van der Waals surface area contributed by atoms with Crippen LogP contribution in [0.4, 0.5) is 0 Å². The van der Waals surface area contributed by atoms with Crippen molar-refractivity contribution in [3.05, 3.63) is 0 Å². The number of thioether (sulfide) groups is 1. The summed E-state index contributed by atoms with van der Waals surface area (Å²) in [5.74, 6) is 0. The van der Waals surface area contributed by atoms with E-state index in [4.69, 9.17) is 0 Å². The van der Waals surface area contributed by atoms with Gasteiger partial charge in [-0.25, -0.2) is 0 Å². The molecule has 0 saturated carbocycles. The molecule has 0 aromatic heterocycles. The fourth-order valence-corrected chi connectivity index (χ4v) is 8.41. The van der Waals surface area contributed by atoms with Crippen molar-refractivity contribution in [2.24, 2.45) is 0 Å². The van der Waals surface area contributed by atoms with Crippen LogP contribution < -0.4 is 0 Å². The molecule has 0 nitrogen and oxygen atoms in total. The number of hydrogen-bond donors (Lipinski definition) is 0. The third-order valence-electron chi connectivity index (χ3n) is 0.971. The minimum Gasteiger partial charge on any atom is -0.0546 e. The van der Waals surface area contributed by atoms with Crippen LogP contribution in [-0.2, 0) is 21.8 Å². The molecule has 2 unspecified atom stereocenters. The molecular weight excluding hydrogens is 156 g/mol. The first kappa shape index (κ1) is 7.16. The van der Waals surface area contributed by atoms with E-state index in [1.807, 2.05) is 0 Å². The Bertz CT molecular complexity index is 66.1. The fraction of sp³-hybridized carbons (Fsp3) is 1.00. The molecule has 2 atom stereocenters. The van der Waals surface area contributed by atoms with Crippen LogP contribution in [0, 0.1) is 0 Å². The van der Waals surface area contributed by atoms with Gasteiger partial charge in [0.15, 0.2) is 10.2 Å². The van der Waals surface area contributed by atoms with Gasteiger partial charge in [-0.05, 0) is 0 Å². The Kier molecular flexibility index (Phi) is 2.93. The van der Waals surface area contributed by atoms with Gasteiger partial charge in [0.05, 0.1) is 0 Å². The molecule has 1 saturated heterocycles. The van der Waals surface area contributed by atoms with E-state index in [0.29, 0.717) is 0 Å². The highest BCUT2D eigenvalue weighted by molar-refractivity contribution is 8.29. The van der Waals surface area contributed by atoms with Gasteiger partial charge in [0.2, 0.25) is 0 Å². The van der Waals surface area contributed by atoms with Gasteiger partial charge in [-0.2, -0.15) is 0 Å². The second-order valence-electron chi connectivity index (χ2n) is 2.12. The van der Waals surface area contributed by atoms with Crippen molar-refractivity contribution >= 4 is 33.6 Å². The zero-order valence-electron chi connectivity index (χ0n) is 5.35. The van der Waals surface area contributed by atoms with Crippen LogP contribution in [0.5, 0.6) is 0 Å². The van der Waals surface area contributed by atoms with Gasteiger partial charge in [-0.1, -0.05) is 11.8 Å². The van der Waals surface area contributed by atoms with E-state index in [9.17, 15) is 0 Å². The maximum absolute atomic E-state index is 2.38. The largest absolute Gasteiger partial charge is 0.258 e. The number of rotatable bonds is 0. The summed E-state index contributed by atoms with van der Waals surface area (Å²) in [5.41, 5.74) is 0. The normalized spacial score (nSPS) is 39.8. The summed E-state index contributed by atoms with van der Waals surface area (Å²) < 4.78 is 0. The fourth-order valence-electron chi connectivity index (χ4n) is 0.730. The van der Waals surface area contributed by atoms with Crippen LogP contribution >= 0.6 is 11.8 Å². The molecule has 0 aromatic carbocycles. The van der Waals surface area contributed by atoms with E-state index in [0.717, 1.165) is 21.8 Å². The summed E-state index contributed by atoms with van der Waals surface area (Å²) in [6, 6.07) is 0. The molecule has 0 spiro atoms. The average Bonchev–Trinajstić information content (AvgIpc) is 1.64. The van der Waals surface area contributed by atoms with Crippen LogP contribution in [0.2, 0.25) is 0 Å². The molecule has 1 fully saturated rings. The quantitative estimate of drug-likeness (QED) is 0.488. The smallest absolute Gasteiger partial charge is 0.0546 e.